The second-order valence-electron chi connectivity index (χ2n) is 6.76. The van der Waals surface area contributed by atoms with E-state index in [0.717, 1.165) is 24.9 Å². The van der Waals surface area contributed by atoms with Gasteiger partial charge in [-0.25, -0.2) is 14.2 Å². The smallest absolute Gasteiger partial charge is 0.325 e. The number of thiazole rings is 1. The minimum atomic E-state index is -0.491. The quantitative estimate of drug-likeness (QED) is 0.448. The van der Waals surface area contributed by atoms with E-state index < -0.39 is 6.03 Å². The van der Waals surface area contributed by atoms with Gasteiger partial charge in [-0.05, 0) is 54.8 Å². The molecule has 3 aromatic rings. The average molecular weight is 427 g/mol. The lowest BCUT2D eigenvalue weighted by Crippen LogP contribution is -2.19. The maximum absolute atomic E-state index is 12.9. The molecule has 1 aromatic heterocycles. The van der Waals surface area contributed by atoms with Gasteiger partial charge in [0.25, 0.3) is 0 Å². The molecular formula is C22H23FN4O2S. The third-order valence-electron chi connectivity index (χ3n) is 4.27. The van der Waals surface area contributed by atoms with Gasteiger partial charge in [0, 0.05) is 16.8 Å². The van der Waals surface area contributed by atoms with Crippen LogP contribution in [0.15, 0.2) is 53.9 Å². The highest BCUT2D eigenvalue weighted by molar-refractivity contribution is 7.14. The molecule has 3 rings (SSSR count). The molecule has 0 aliphatic heterocycles. The van der Waals surface area contributed by atoms with Gasteiger partial charge in [0.1, 0.15) is 5.82 Å². The summed E-state index contributed by atoms with van der Waals surface area (Å²) in [6.45, 7) is 2.16. The first-order valence-electron chi connectivity index (χ1n) is 9.68. The number of aryl methyl sites for hydroxylation is 1. The van der Waals surface area contributed by atoms with E-state index in [1.807, 2.05) is 24.3 Å². The Hall–Kier alpha value is -3.26. The molecule has 0 unspecified atom stereocenters. The number of halogens is 1. The summed E-state index contributed by atoms with van der Waals surface area (Å²) in [7, 11) is 0. The number of benzene rings is 2. The van der Waals surface area contributed by atoms with Crippen molar-refractivity contribution in [1.29, 1.82) is 0 Å². The van der Waals surface area contributed by atoms with Crippen molar-refractivity contribution in [1.82, 2.24) is 4.98 Å². The Bertz CT molecular complexity index is 987. The number of aromatic nitrogens is 1. The fourth-order valence-corrected chi connectivity index (χ4v) is 3.45. The molecule has 156 valence electrons. The minimum absolute atomic E-state index is 0.106. The van der Waals surface area contributed by atoms with Crippen molar-refractivity contribution in [3.05, 3.63) is 71.0 Å². The topological polar surface area (TPSA) is 83.1 Å². The number of amides is 3. The normalized spacial score (nSPS) is 10.5. The van der Waals surface area contributed by atoms with Crippen molar-refractivity contribution >= 4 is 39.8 Å². The number of carbonyl (C=O) groups excluding carboxylic acids is 2. The molecule has 0 bridgehead atoms. The highest BCUT2D eigenvalue weighted by Gasteiger charge is 2.10. The molecule has 0 radical (unpaired) electrons. The molecule has 0 fully saturated rings. The number of unbranched alkanes of at least 4 members (excludes halogenated alkanes) is 1. The van der Waals surface area contributed by atoms with Gasteiger partial charge >= 0.3 is 6.03 Å². The maximum atomic E-state index is 12.9. The van der Waals surface area contributed by atoms with Gasteiger partial charge in [0.2, 0.25) is 5.91 Å². The molecule has 0 aliphatic rings. The van der Waals surface area contributed by atoms with Crippen molar-refractivity contribution in [2.45, 2.75) is 32.6 Å². The molecule has 0 saturated heterocycles. The van der Waals surface area contributed by atoms with E-state index in [9.17, 15) is 14.0 Å². The van der Waals surface area contributed by atoms with E-state index in [4.69, 9.17) is 0 Å². The molecule has 0 atom stereocenters. The van der Waals surface area contributed by atoms with Crippen molar-refractivity contribution in [3.8, 4) is 0 Å². The summed E-state index contributed by atoms with van der Waals surface area (Å²) in [5.41, 5.74) is 3.02. The van der Waals surface area contributed by atoms with Crippen LogP contribution in [0, 0.1) is 5.82 Å². The van der Waals surface area contributed by atoms with Crippen molar-refractivity contribution in [2.24, 2.45) is 0 Å². The Morgan fingerprint density at radius 3 is 2.33 bits per heavy atom. The summed E-state index contributed by atoms with van der Waals surface area (Å²) >= 11 is 1.23. The molecule has 30 heavy (non-hydrogen) atoms. The zero-order valence-electron chi connectivity index (χ0n) is 16.6. The maximum Gasteiger partial charge on any atom is 0.325 e. The van der Waals surface area contributed by atoms with Gasteiger partial charge in [-0.3, -0.25) is 10.1 Å². The monoisotopic (exact) mass is 426 g/mol. The lowest BCUT2D eigenvalue weighted by molar-refractivity contribution is -0.115. The van der Waals surface area contributed by atoms with Crippen LogP contribution in [0.2, 0.25) is 0 Å². The first kappa shape index (κ1) is 21.4. The number of carbonyl (C=O) groups is 2. The molecule has 8 heteroatoms. The Kier molecular flexibility index (Phi) is 7.51. The molecule has 0 aliphatic carbocycles. The fourth-order valence-electron chi connectivity index (χ4n) is 2.74. The summed E-state index contributed by atoms with van der Waals surface area (Å²) in [6, 6.07) is 12.8. The fraction of sp³-hybridized carbons (Fsp3) is 0.227. The number of nitrogens with one attached hydrogen (secondary N) is 3. The van der Waals surface area contributed by atoms with Gasteiger partial charge < -0.3 is 10.6 Å². The molecule has 0 saturated carbocycles. The largest absolute Gasteiger partial charge is 0.326 e. The van der Waals surface area contributed by atoms with Gasteiger partial charge in [0.05, 0.1) is 12.1 Å². The Balaban J connectivity index is 1.47. The van der Waals surface area contributed by atoms with Crippen molar-refractivity contribution < 1.29 is 14.0 Å². The summed E-state index contributed by atoms with van der Waals surface area (Å²) in [5, 5.41) is 10.1. The molecule has 0 spiro atoms. The number of hydrogen-bond acceptors (Lipinski definition) is 4. The van der Waals surface area contributed by atoms with Crippen LogP contribution < -0.4 is 16.0 Å². The van der Waals surface area contributed by atoms with E-state index in [1.54, 1.807) is 5.38 Å². The van der Waals surface area contributed by atoms with Gasteiger partial charge in [-0.15, -0.1) is 11.3 Å². The van der Waals surface area contributed by atoms with Crippen LogP contribution in [0.5, 0.6) is 0 Å². The first-order chi connectivity index (χ1) is 14.5. The second kappa shape index (κ2) is 10.5. The number of rotatable bonds is 8. The van der Waals surface area contributed by atoms with E-state index in [2.05, 4.69) is 27.9 Å². The van der Waals surface area contributed by atoms with E-state index >= 15 is 0 Å². The highest BCUT2D eigenvalue weighted by Crippen LogP contribution is 2.18. The van der Waals surface area contributed by atoms with E-state index in [-0.39, 0.29) is 18.1 Å². The number of nitrogens with zero attached hydrogens (tertiary/aromatic N) is 1. The molecule has 3 amide bonds. The summed E-state index contributed by atoms with van der Waals surface area (Å²) in [5.74, 6) is -0.555. The molecule has 6 nitrogen and oxygen atoms in total. The van der Waals surface area contributed by atoms with E-state index in [0.29, 0.717) is 16.5 Å². The van der Waals surface area contributed by atoms with Crippen LogP contribution in [0.3, 0.4) is 0 Å². The van der Waals surface area contributed by atoms with Crippen LogP contribution in [0.4, 0.5) is 25.7 Å². The van der Waals surface area contributed by atoms with Gasteiger partial charge in [-0.1, -0.05) is 25.5 Å². The molecule has 3 N–H and O–H groups in total. The first-order valence-corrected chi connectivity index (χ1v) is 10.6. The van der Waals surface area contributed by atoms with Crippen LogP contribution in [0.25, 0.3) is 0 Å². The standard InChI is InChI=1S/C22H23FN4O2S/c1-2-3-4-15-5-9-17(10-6-15)24-20(28)13-19-14-30-22(26-19)27-21(29)25-18-11-7-16(23)8-12-18/h5-12,14H,2-4,13H2,1H3,(H,24,28)(H2,25,26,27,29). The average Bonchev–Trinajstić information content (AvgIpc) is 3.15. The number of urea groups is 1. The van der Waals surface area contributed by atoms with Crippen molar-refractivity contribution in [3.63, 3.8) is 0 Å². The van der Waals surface area contributed by atoms with Crippen LogP contribution in [-0.4, -0.2) is 16.9 Å². The van der Waals surface area contributed by atoms with E-state index in [1.165, 1.54) is 41.2 Å². The molecule has 2 aromatic carbocycles. The summed E-state index contributed by atoms with van der Waals surface area (Å²) in [4.78, 5) is 28.5. The predicted octanol–water partition coefficient (Wildman–Crippen LogP) is 5.45. The zero-order valence-corrected chi connectivity index (χ0v) is 17.4. The minimum Gasteiger partial charge on any atom is -0.326 e. The third-order valence-corrected chi connectivity index (χ3v) is 5.08. The van der Waals surface area contributed by atoms with Crippen LogP contribution in [-0.2, 0) is 17.6 Å². The Morgan fingerprint density at radius 1 is 0.967 bits per heavy atom. The molecular weight excluding hydrogens is 403 g/mol. The third kappa shape index (κ3) is 6.66. The SMILES string of the molecule is CCCCc1ccc(NC(=O)Cc2csc(NC(=O)Nc3ccc(F)cc3)n2)cc1. The van der Waals surface area contributed by atoms with Crippen molar-refractivity contribution in [2.75, 3.05) is 16.0 Å². The highest BCUT2D eigenvalue weighted by atomic mass is 32.1. The predicted molar refractivity (Wildman–Crippen MR) is 119 cm³/mol. The number of hydrogen-bond donors (Lipinski definition) is 3. The second-order valence-corrected chi connectivity index (χ2v) is 7.61. The summed E-state index contributed by atoms with van der Waals surface area (Å²) < 4.78 is 12.9. The van der Waals surface area contributed by atoms with Crippen LogP contribution in [0.1, 0.15) is 31.0 Å². The zero-order chi connectivity index (χ0) is 21.3. The van der Waals surface area contributed by atoms with Gasteiger partial charge in [-0.2, -0.15) is 0 Å². The molecule has 1 heterocycles. The lowest BCUT2D eigenvalue weighted by atomic mass is 10.1. The van der Waals surface area contributed by atoms with Crippen LogP contribution >= 0.6 is 11.3 Å². The lowest BCUT2D eigenvalue weighted by Gasteiger charge is -2.06. The Labute approximate surface area is 178 Å². The summed E-state index contributed by atoms with van der Waals surface area (Å²) in [6.07, 6.45) is 3.44. The van der Waals surface area contributed by atoms with Gasteiger partial charge in [0.15, 0.2) is 5.13 Å². The number of anilines is 3. The Morgan fingerprint density at radius 2 is 1.63 bits per heavy atom.